The summed E-state index contributed by atoms with van der Waals surface area (Å²) in [4.78, 5) is 12.5. The molecule has 6 heteroatoms. The van der Waals surface area contributed by atoms with Gasteiger partial charge in [-0.05, 0) is 26.0 Å². The van der Waals surface area contributed by atoms with Crippen LogP contribution in [0.25, 0.3) is 0 Å². The first-order valence-corrected chi connectivity index (χ1v) is 5.91. The molecule has 0 aromatic heterocycles. The highest BCUT2D eigenvalue weighted by Crippen LogP contribution is 2.29. The van der Waals surface area contributed by atoms with Gasteiger partial charge in [0.25, 0.3) is 5.69 Å². The second kappa shape index (κ2) is 4.81. The summed E-state index contributed by atoms with van der Waals surface area (Å²) < 4.78 is 5.64. The van der Waals surface area contributed by atoms with Crippen LogP contribution >= 0.6 is 0 Å². The number of hydrogen-bond donors (Lipinski definition) is 1. The van der Waals surface area contributed by atoms with Crippen LogP contribution in [-0.2, 0) is 4.74 Å². The predicted octanol–water partition coefficient (Wildman–Crippen LogP) is 1.79. The van der Waals surface area contributed by atoms with E-state index in [0.717, 1.165) is 18.8 Å². The standard InChI is InChI=1S/C12H17N3O3/c1-8-6-14(7-9(2)18-8)10-3-4-11(13)12(5-10)15(16)17/h3-5,8-9H,6-7,13H2,1-2H3/t8-,9+. The zero-order chi connectivity index (χ0) is 13.3. The average molecular weight is 251 g/mol. The van der Waals surface area contributed by atoms with Gasteiger partial charge in [-0.3, -0.25) is 10.1 Å². The van der Waals surface area contributed by atoms with E-state index < -0.39 is 4.92 Å². The molecule has 1 aliphatic rings. The van der Waals surface area contributed by atoms with Gasteiger partial charge in [-0.1, -0.05) is 0 Å². The molecule has 1 fully saturated rings. The number of benzene rings is 1. The number of nitro benzene ring substituents is 1. The van der Waals surface area contributed by atoms with E-state index in [2.05, 4.69) is 4.90 Å². The van der Waals surface area contributed by atoms with Gasteiger partial charge in [0, 0.05) is 24.8 Å². The SMILES string of the molecule is C[C@@H]1CN(c2ccc(N)c([N+](=O)[O-])c2)C[C@H](C)O1. The van der Waals surface area contributed by atoms with Crippen LogP contribution in [0.5, 0.6) is 0 Å². The van der Waals surface area contributed by atoms with Gasteiger partial charge in [0.1, 0.15) is 5.69 Å². The van der Waals surface area contributed by atoms with E-state index in [-0.39, 0.29) is 23.6 Å². The van der Waals surface area contributed by atoms with Crippen molar-refractivity contribution < 1.29 is 9.66 Å². The minimum atomic E-state index is -0.452. The van der Waals surface area contributed by atoms with Crippen molar-refractivity contribution in [3.8, 4) is 0 Å². The Morgan fingerprint density at radius 1 is 1.39 bits per heavy atom. The van der Waals surface area contributed by atoms with Crippen molar-refractivity contribution in [1.82, 2.24) is 0 Å². The quantitative estimate of drug-likeness (QED) is 0.492. The molecule has 1 saturated heterocycles. The third-order valence-electron chi connectivity index (χ3n) is 3.00. The summed E-state index contributed by atoms with van der Waals surface area (Å²) in [5.74, 6) is 0. The van der Waals surface area contributed by atoms with Crippen molar-refractivity contribution in [2.24, 2.45) is 0 Å². The molecule has 0 bridgehead atoms. The topological polar surface area (TPSA) is 81.6 Å². The lowest BCUT2D eigenvalue weighted by molar-refractivity contribution is -0.383. The van der Waals surface area contributed by atoms with E-state index in [1.165, 1.54) is 6.07 Å². The number of nitrogens with two attached hydrogens (primary N) is 1. The zero-order valence-electron chi connectivity index (χ0n) is 10.5. The van der Waals surface area contributed by atoms with E-state index in [1.807, 2.05) is 19.9 Å². The summed E-state index contributed by atoms with van der Waals surface area (Å²) in [6.07, 6.45) is 0.232. The summed E-state index contributed by atoms with van der Waals surface area (Å²) in [6.45, 7) is 5.44. The number of ether oxygens (including phenoxy) is 1. The minimum absolute atomic E-state index is 0.0423. The van der Waals surface area contributed by atoms with Crippen LogP contribution in [0, 0.1) is 10.1 Å². The lowest BCUT2D eigenvalue weighted by Crippen LogP contribution is -2.45. The van der Waals surface area contributed by atoms with E-state index in [1.54, 1.807) is 6.07 Å². The van der Waals surface area contributed by atoms with E-state index in [0.29, 0.717) is 0 Å². The summed E-state index contributed by atoms with van der Waals surface area (Å²) in [5.41, 5.74) is 6.56. The highest BCUT2D eigenvalue weighted by atomic mass is 16.6. The van der Waals surface area contributed by atoms with Crippen LogP contribution in [0.4, 0.5) is 17.1 Å². The van der Waals surface area contributed by atoms with Crippen molar-refractivity contribution in [3.05, 3.63) is 28.3 Å². The predicted molar refractivity (Wildman–Crippen MR) is 69.7 cm³/mol. The Morgan fingerprint density at radius 2 is 2.00 bits per heavy atom. The number of nitrogens with zero attached hydrogens (tertiary/aromatic N) is 2. The maximum absolute atomic E-state index is 10.9. The van der Waals surface area contributed by atoms with Crippen molar-refractivity contribution in [2.45, 2.75) is 26.1 Å². The Bertz CT molecular complexity index is 454. The van der Waals surface area contributed by atoms with Crippen LogP contribution in [0.1, 0.15) is 13.8 Å². The fraction of sp³-hybridized carbons (Fsp3) is 0.500. The Labute approximate surface area is 105 Å². The largest absolute Gasteiger partial charge is 0.393 e. The van der Waals surface area contributed by atoms with Crippen LogP contribution in [0.2, 0.25) is 0 Å². The Morgan fingerprint density at radius 3 is 2.56 bits per heavy atom. The first kappa shape index (κ1) is 12.6. The highest BCUT2D eigenvalue weighted by molar-refractivity contribution is 5.66. The molecule has 98 valence electrons. The normalized spacial score (nSPS) is 24.0. The minimum Gasteiger partial charge on any atom is -0.393 e. The maximum atomic E-state index is 10.9. The van der Waals surface area contributed by atoms with Crippen LogP contribution in [-0.4, -0.2) is 30.2 Å². The molecule has 1 aromatic carbocycles. The lowest BCUT2D eigenvalue weighted by atomic mass is 10.1. The van der Waals surface area contributed by atoms with Crippen LogP contribution in [0.3, 0.4) is 0 Å². The molecular weight excluding hydrogens is 234 g/mol. The summed E-state index contributed by atoms with van der Waals surface area (Å²) >= 11 is 0. The van der Waals surface area contributed by atoms with Crippen molar-refractivity contribution in [2.75, 3.05) is 23.7 Å². The number of morpholine rings is 1. The van der Waals surface area contributed by atoms with E-state index in [9.17, 15) is 10.1 Å². The number of nitro groups is 1. The van der Waals surface area contributed by atoms with Gasteiger partial charge in [-0.2, -0.15) is 0 Å². The number of nitrogen functional groups attached to an aromatic ring is 1. The third kappa shape index (κ3) is 2.53. The molecule has 2 N–H and O–H groups in total. The molecule has 1 aromatic rings. The molecule has 2 atom stereocenters. The molecule has 18 heavy (non-hydrogen) atoms. The molecule has 0 aliphatic carbocycles. The Kier molecular flexibility index (Phi) is 3.38. The molecular formula is C12H17N3O3. The van der Waals surface area contributed by atoms with Gasteiger partial charge < -0.3 is 15.4 Å². The van der Waals surface area contributed by atoms with Crippen LogP contribution < -0.4 is 10.6 Å². The molecule has 0 spiro atoms. The van der Waals surface area contributed by atoms with Crippen LogP contribution in [0.15, 0.2) is 18.2 Å². The maximum Gasteiger partial charge on any atom is 0.294 e. The Hall–Kier alpha value is -1.82. The monoisotopic (exact) mass is 251 g/mol. The molecule has 2 rings (SSSR count). The number of rotatable bonds is 2. The van der Waals surface area contributed by atoms with E-state index >= 15 is 0 Å². The van der Waals surface area contributed by atoms with Gasteiger partial charge in [0.15, 0.2) is 0 Å². The van der Waals surface area contributed by atoms with Gasteiger partial charge in [-0.25, -0.2) is 0 Å². The third-order valence-corrected chi connectivity index (χ3v) is 3.00. The molecule has 0 saturated carbocycles. The number of anilines is 2. The molecule has 1 aliphatic heterocycles. The summed E-state index contributed by atoms with van der Waals surface area (Å²) in [5, 5.41) is 10.9. The second-order valence-electron chi connectivity index (χ2n) is 4.66. The number of hydrogen-bond acceptors (Lipinski definition) is 5. The first-order valence-electron chi connectivity index (χ1n) is 5.91. The highest BCUT2D eigenvalue weighted by Gasteiger charge is 2.24. The van der Waals surface area contributed by atoms with Gasteiger partial charge in [-0.15, -0.1) is 0 Å². The fourth-order valence-corrected chi connectivity index (χ4v) is 2.28. The van der Waals surface area contributed by atoms with Crippen molar-refractivity contribution in [3.63, 3.8) is 0 Å². The molecule has 0 radical (unpaired) electrons. The van der Waals surface area contributed by atoms with Crippen molar-refractivity contribution >= 4 is 17.1 Å². The second-order valence-corrected chi connectivity index (χ2v) is 4.66. The Balaban J connectivity index is 2.28. The summed E-state index contributed by atoms with van der Waals surface area (Å²) in [6, 6.07) is 4.92. The average Bonchev–Trinajstić information content (AvgIpc) is 2.27. The summed E-state index contributed by atoms with van der Waals surface area (Å²) in [7, 11) is 0. The molecule has 6 nitrogen and oxygen atoms in total. The molecule has 1 heterocycles. The van der Waals surface area contributed by atoms with Gasteiger partial charge in [0.2, 0.25) is 0 Å². The van der Waals surface area contributed by atoms with Crippen molar-refractivity contribution in [1.29, 1.82) is 0 Å². The smallest absolute Gasteiger partial charge is 0.294 e. The van der Waals surface area contributed by atoms with Gasteiger partial charge in [0.05, 0.1) is 17.1 Å². The molecule has 0 amide bonds. The van der Waals surface area contributed by atoms with E-state index in [4.69, 9.17) is 10.5 Å². The lowest BCUT2D eigenvalue weighted by Gasteiger charge is -2.36. The first-order chi connectivity index (χ1) is 8.47. The zero-order valence-corrected chi connectivity index (χ0v) is 10.5. The fourth-order valence-electron chi connectivity index (χ4n) is 2.28. The van der Waals surface area contributed by atoms with Gasteiger partial charge >= 0.3 is 0 Å². The molecule has 0 unspecified atom stereocenters.